The van der Waals surface area contributed by atoms with Crippen molar-refractivity contribution < 1.29 is 13.9 Å². The van der Waals surface area contributed by atoms with Crippen molar-refractivity contribution in [2.24, 2.45) is 0 Å². The van der Waals surface area contributed by atoms with Crippen LogP contribution in [-0.4, -0.2) is 23.2 Å². The molecule has 122 valence electrons. The van der Waals surface area contributed by atoms with Crippen LogP contribution in [0, 0.1) is 0 Å². The zero-order valence-electron chi connectivity index (χ0n) is 13.2. The van der Waals surface area contributed by atoms with Gasteiger partial charge in [0.05, 0.1) is 7.11 Å². The molecule has 0 saturated carbocycles. The van der Waals surface area contributed by atoms with Gasteiger partial charge >= 0.3 is 11.8 Å². The van der Waals surface area contributed by atoms with E-state index in [1.165, 1.54) is 5.56 Å². The van der Waals surface area contributed by atoms with Crippen LogP contribution in [-0.2, 0) is 12.8 Å². The fourth-order valence-corrected chi connectivity index (χ4v) is 2.20. The zero-order chi connectivity index (χ0) is 16.8. The molecule has 2 aromatic carbocycles. The van der Waals surface area contributed by atoms with Gasteiger partial charge in [0.1, 0.15) is 5.75 Å². The fraction of sp³-hybridized carbons (Fsp3) is 0.167. The van der Waals surface area contributed by atoms with Crippen molar-refractivity contribution >= 4 is 11.6 Å². The van der Waals surface area contributed by atoms with Crippen LogP contribution in [0.15, 0.2) is 59.0 Å². The quantitative estimate of drug-likeness (QED) is 0.754. The van der Waals surface area contributed by atoms with Gasteiger partial charge in [0, 0.05) is 12.1 Å². The first kappa shape index (κ1) is 15.7. The predicted molar refractivity (Wildman–Crippen MR) is 89.1 cm³/mol. The average Bonchev–Trinajstić information content (AvgIpc) is 3.11. The van der Waals surface area contributed by atoms with Crippen molar-refractivity contribution in [3.8, 4) is 5.75 Å². The number of aryl methyl sites for hydroxylation is 2. The minimum absolute atomic E-state index is 0.0473. The van der Waals surface area contributed by atoms with Crippen molar-refractivity contribution in [1.29, 1.82) is 0 Å². The second-order valence-electron chi connectivity index (χ2n) is 5.17. The van der Waals surface area contributed by atoms with Gasteiger partial charge in [0.25, 0.3) is 0 Å². The Morgan fingerprint density at radius 2 is 1.79 bits per heavy atom. The molecule has 3 rings (SSSR count). The van der Waals surface area contributed by atoms with Crippen LogP contribution >= 0.6 is 0 Å². The summed E-state index contributed by atoms with van der Waals surface area (Å²) in [5, 5.41) is 10.4. The molecule has 1 aromatic heterocycles. The Morgan fingerprint density at radius 3 is 2.50 bits per heavy atom. The van der Waals surface area contributed by atoms with Crippen molar-refractivity contribution in [2.75, 3.05) is 12.4 Å². The van der Waals surface area contributed by atoms with Crippen LogP contribution in [0.2, 0.25) is 0 Å². The number of carbonyl (C=O) groups excluding carboxylic acids is 1. The van der Waals surface area contributed by atoms with Crippen molar-refractivity contribution in [3.05, 3.63) is 71.9 Å². The maximum Gasteiger partial charge on any atom is 0.313 e. The first-order valence-electron chi connectivity index (χ1n) is 7.56. The third-order valence-electron chi connectivity index (χ3n) is 3.48. The van der Waals surface area contributed by atoms with Gasteiger partial charge in [-0.1, -0.05) is 30.3 Å². The molecule has 0 aliphatic carbocycles. The zero-order valence-corrected chi connectivity index (χ0v) is 13.2. The summed E-state index contributed by atoms with van der Waals surface area (Å²) in [5.74, 6) is 0.681. The Hall–Kier alpha value is -3.15. The average molecular weight is 323 g/mol. The van der Waals surface area contributed by atoms with E-state index in [0.717, 1.165) is 6.42 Å². The summed E-state index contributed by atoms with van der Waals surface area (Å²) in [7, 11) is 1.59. The Bertz CT molecular complexity index is 798. The molecule has 0 fully saturated rings. The molecule has 1 heterocycles. The summed E-state index contributed by atoms with van der Waals surface area (Å²) in [5.41, 5.74) is 1.81. The predicted octanol–water partition coefficient (Wildman–Crippen LogP) is 3.12. The summed E-state index contributed by atoms with van der Waals surface area (Å²) >= 11 is 0. The summed E-state index contributed by atoms with van der Waals surface area (Å²) in [4.78, 5) is 12.1. The Kier molecular flexibility index (Phi) is 4.86. The lowest BCUT2D eigenvalue weighted by atomic mass is 10.1. The highest BCUT2D eigenvalue weighted by Gasteiger charge is 2.15. The second kappa shape index (κ2) is 7.41. The van der Waals surface area contributed by atoms with Gasteiger partial charge in [-0.05, 0) is 36.2 Å². The number of aromatic nitrogens is 2. The number of benzene rings is 2. The van der Waals surface area contributed by atoms with Crippen molar-refractivity contribution in [1.82, 2.24) is 10.2 Å². The van der Waals surface area contributed by atoms with Crippen LogP contribution in [0.25, 0.3) is 0 Å². The molecule has 24 heavy (non-hydrogen) atoms. The maximum atomic E-state index is 12.1. The number of methoxy groups -OCH3 is 1. The number of rotatable bonds is 6. The number of anilines is 1. The number of amides is 1. The van der Waals surface area contributed by atoms with E-state index in [2.05, 4.69) is 15.5 Å². The van der Waals surface area contributed by atoms with Crippen LogP contribution in [0.1, 0.15) is 22.1 Å². The second-order valence-corrected chi connectivity index (χ2v) is 5.17. The molecule has 6 heteroatoms. The summed E-state index contributed by atoms with van der Waals surface area (Å²) < 4.78 is 10.5. The topological polar surface area (TPSA) is 77.2 Å². The minimum atomic E-state index is -0.432. The fourth-order valence-electron chi connectivity index (χ4n) is 2.20. The number of nitrogens with zero attached hydrogens (tertiary/aromatic N) is 2. The van der Waals surface area contributed by atoms with E-state index < -0.39 is 5.91 Å². The molecule has 0 aliphatic heterocycles. The van der Waals surface area contributed by atoms with Crippen LogP contribution in [0.3, 0.4) is 0 Å². The number of hydrogen-bond donors (Lipinski definition) is 1. The number of carbonyl (C=O) groups is 1. The standard InChI is InChI=1S/C18H17N3O3/c1-23-15-10-8-14(9-11-15)19-17(22)18-21-20-16(24-18)12-7-13-5-3-2-4-6-13/h2-6,8-11H,7,12H2,1H3,(H,19,22). The largest absolute Gasteiger partial charge is 0.497 e. The Morgan fingerprint density at radius 1 is 1.04 bits per heavy atom. The van der Waals surface area contributed by atoms with Gasteiger partial charge in [-0.2, -0.15) is 0 Å². The molecule has 0 radical (unpaired) electrons. The molecule has 3 aromatic rings. The van der Waals surface area contributed by atoms with E-state index in [-0.39, 0.29) is 5.89 Å². The Labute approximate surface area is 139 Å². The van der Waals surface area contributed by atoms with E-state index in [4.69, 9.17) is 9.15 Å². The SMILES string of the molecule is COc1ccc(NC(=O)c2nnc(CCc3ccccc3)o2)cc1. The first-order chi connectivity index (χ1) is 11.7. The third-order valence-corrected chi connectivity index (χ3v) is 3.48. The van der Waals surface area contributed by atoms with E-state index in [9.17, 15) is 4.79 Å². The number of hydrogen-bond acceptors (Lipinski definition) is 5. The van der Waals surface area contributed by atoms with E-state index in [0.29, 0.717) is 23.7 Å². The van der Waals surface area contributed by atoms with Gasteiger partial charge in [-0.15, -0.1) is 10.2 Å². The molecule has 0 saturated heterocycles. The highest BCUT2D eigenvalue weighted by molar-refractivity contribution is 6.00. The molecule has 0 unspecified atom stereocenters. The van der Waals surface area contributed by atoms with Crippen LogP contribution < -0.4 is 10.1 Å². The van der Waals surface area contributed by atoms with Gasteiger partial charge in [-0.3, -0.25) is 4.79 Å². The first-order valence-corrected chi connectivity index (χ1v) is 7.56. The molecule has 0 atom stereocenters. The van der Waals surface area contributed by atoms with Gasteiger partial charge in [0.2, 0.25) is 5.89 Å². The maximum absolute atomic E-state index is 12.1. The van der Waals surface area contributed by atoms with E-state index >= 15 is 0 Å². The van der Waals surface area contributed by atoms with E-state index in [1.54, 1.807) is 31.4 Å². The van der Waals surface area contributed by atoms with E-state index in [1.807, 2.05) is 30.3 Å². The van der Waals surface area contributed by atoms with Crippen molar-refractivity contribution in [2.45, 2.75) is 12.8 Å². The summed E-state index contributed by atoms with van der Waals surface area (Å²) in [6, 6.07) is 17.0. The van der Waals surface area contributed by atoms with Crippen molar-refractivity contribution in [3.63, 3.8) is 0 Å². The third kappa shape index (κ3) is 3.98. The van der Waals surface area contributed by atoms with Gasteiger partial charge in [0.15, 0.2) is 0 Å². The highest BCUT2D eigenvalue weighted by Crippen LogP contribution is 2.16. The normalized spacial score (nSPS) is 10.4. The van der Waals surface area contributed by atoms with Crippen LogP contribution in [0.4, 0.5) is 5.69 Å². The lowest BCUT2D eigenvalue weighted by molar-refractivity contribution is 0.0988. The molecule has 1 N–H and O–H groups in total. The molecule has 6 nitrogen and oxygen atoms in total. The highest BCUT2D eigenvalue weighted by atomic mass is 16.5. The molecule has 0 spiro atoms. The number of ether oxygens (including phenoxy) is 1. The molecular formula is C18H17N3O3. The lowest BCUT2D eigenvalue weighted by Crippen LogP contribution is -2.12. The molecule has 0 bridgehead atoms. The summed E-state index contributed by atoms with van der Waals surface area (Å²) in [6.45, 7) is 0. The Balaban J connectivity index is 1.58. The number of nitrogens with one attached hydrogen (secondary N) is 1. The smallest absolute Gasteiger partial charge is 0.313 e. The monoisotopic (exact) mass is 323 g/mol. The van der Waals surface area contributed by atoms with Gasteiger partial charge in [-0.25, -0.2) is 0 Å². The molecule has 1 amide bonds. The molecule has 0 aliphatic rings. The lowest BCUT2D eigenvalue weighted by Gasteiger charge is -2.03. The van der Waals surface area contributed by atoms with Crippen LogP contribution in [0.5, 0.6) is 5.75 Å². The summed E-state index contributed by atoms with van der Waals surface area (Å²) in [6.07, 6.45) is 1.37. The molecular weight excluding hydrogens is 306 g/mol. The van der Waals surface area contributed by atoms with Gasteiger partial charge < -0.3 is 14.5 Å². The minimum Gasteiger partial charge on any atom is -0.497 e.